The van der Waals surface area contributed by atoms with Gasteiger partial charge in [0, 0.05) is 12.2 Å². The Morgan fingerprint density at radius 2 is 2.14 bits per heavy atom. The normalized spacial score (nSPS) is 17.9. The van der Waals surface area contributed by atoms with E-state index in [1.165, 1.54) is 0 Å². The fraction of sp³-hybridized carbons (Fsp3) is 0.478. The van der Waals surface area contributed by atoms with Gasteiger partial charge in [0.1, 0.15) is 11.9 Å². The summed E-state index contributed by atoms with van der Waals surface area (Å²) in [5, 5.41) is 3.42. The standard InChI is InChI=1S/C23H31N3O3/c1-18(29-17-19-7-5-10-22(15-19)28-2)23(27)26(16-20-8-3-4-13-25-20)21-9-6-12-24-14-11-21/h3-5,7-8,10,13,15,18,21,24H,6,9,11-12,14,16-17H2,1-2H3. The molecule has 6 nitrogen and oxygen atoms in total. The Kier molecular flexibility index (Phi) is 8.02. The minimum Gasteiger partial charge on any atom is -0.497 e. The summed E-state index contributed by atoms with van der Waals surface area (Å²) in [4.78, 5) is 19.7. The van der Waals surface area contributed by atoms with Gasteiger partial charge < -0.3 is 19.7 Å². The third kappa shape index (κ3) is 6.27. The van der Waals surface area contributed by atoms with E-state index in [1.54, 1.807) is 13.3 Å². The summed E-state index contributed by atoms with van der Waals surface area (Å²) in [7, 11) is 1.64. The molecule has 156 valence electrons. The highest BCUT2D eigenvalue weighted by atomic mass is 16.5. The van der Waals surface area contributed by atoms with E-state index in [2.05, 4.69) is 10.3 Å². The van der Waals surface area contributed by atoms with E-state index in [-0.39, 0.29) is 11.9 Å². The van der Waals surface area contributed by atoms with E-state index in [0.29, 0.717) is 13.2 Å². The minimum atomic E-state index is -0.527. The van der Waals surface area contributed by atoms with E-state index in [4.69, 9.17) is 9.47 Å². The zero-order valence-corrected chi connectivity index (χ0v) is 17.3. The van der Waals surface area contributed by atoms with Crippen LogP contribution in [0.25, 0.3) is 0 Å². The monoisotopic (exact) mass is 397 g/mol. The number of methoxy groups -OCH3 is 1. The molecule has 2 atom stereocenters. The molecule has 0 aliphatic carbocycles. The predicted octanol–water partition coefficient (Wildman–Crippen LogP) is 3.17. The lowest BCUT2D eigenvalue weighted by Crippen LogP contribution is -2.45. The number of pyridine rings is 1. The maximum absolute atomic E-state index is 13.3. The van der Waals surface area contributed by atoms with Gasteiger partial charge in [-0.1, -0.05) is 18.2 Å². The maximum atomic E-state index is 13.3. The van der Waals surface area contributed by atoms with Crippen LogP contribution in [0.15, 0.2) is 48.7 Å². The van der Waals surface area contributed by atoms with Crippen molar-refractivity contribution in [3.63, 3.8) is 0 Å². The number of carbonyl (C=O) groups is 1. The smallest absolute Gasteiger partial charge is 0.252 e. The predicted molar refractivity (Wildman–Crippen MR) is 113 cm³/mol. The number of rotatable bonds is 8. The Labute approximate surface area is 173 Å². The molecule has 1 N–H and O–H groups in total. The number of hydrogen-bond acceptors (Lipinski definition) is 5. The summed E-state index contributed by atoms with van der Waals surface area (Å²) >= 11 is 0. The van der Waals surface area contributed by atoms with Crippen LogP contribution in [0.5, 0.6) is 5.75 Å². The summed E-state index contributed by atoms with van der Waals surface area (Å²) in [6, 6.07) is 13.7. The van der Waals surface area contributed by atoms with Crippen LogP contribution >= 0.6 is 0 Å². The Balaban J connectivity index is 1.68. The third-order valence-electron chi connectivity index (χ3n) is 5.31. The highest BCUT2D eigenvalue weighted by molar-refractivity contribution is 5.80. The van der Waals surface area contributed by atoms with Gasteiger partial charge in [-0.25, -0.2) is 0 Å². The number of amides is 1. The van der Waals surface area contributed by atoms with Crippen LogP contribution in [0.2, 0.25) is 0 Å². The van der Waals surface area contributed by atoms with Crippen LogP contribution < -0.4 is 10.1 Å². The Morgan fingerprint density at radius 1 is 1.24 bits per heavy atom. The summed E-state index contributed by atoms with van der Waals surface area (Å²) in [6.07, 6.45) is 4.25. The van der Waals surface area contributed by atoms with Crippen LogP contribution in [0.1, 0.15) is 37.4 Å². The molecule has 1 fully saturated rings. The largest absolute Gasteiger partial charge is 0.497 e. The zero-order valence-electron chi connectivity index (χ0n) is 17.3. The summed E-state index contributed by atoms with van der Waals surface area (Å²) in [5.41, 5.74) is 1.89. The molecule has 2 aromatic rings. The number of benzene rings is 1. The number of hydrogen-bond donors (Lipinski definition) is 1. The molecule has 0 saturated carbocycles. The lowest BCUT2D eigenvalue weighted by Gasteiger charge is -2.33. The Bertz CT molecular complexity index is 761. The van der Waals surface area contributed by atoms with Gasteiger partial charge in [-0.2, -0.15) is 0 Å². The van der Waals surface area contributed by atoms with Gasteiger partial charge in [0.05, 0.1) is 26.0 Å². The van der Waals surface area contributed by atoms with E-state index in [1.807, 2.05) is 54.3 Å². The number of aromatic nitrogens is 1. The SMILES string of the molecule is COc1cccc(COC(C)C(=O)N(Cc2ccccn2)C2CCCNCC2)c1. The van der Waals surface area contributed by atoms with Crippen molar-refractivity contribution in [3.8, 4) is 5.75 Å². The summed E-state index contributed by atoms with van der Waals surface area (Å²) in [5.74, 6) is 0.804. The molecule has 1 aliphatic heterocycles. The second-order valence-corrected chi connectivity index (χ2v) is 7.43. The first-order valence-corrected chi connectivity index (χ1v) is 10.3. The van der Waals surface area contributed by atoms with Gasteiger partial charge in [0.2, 0.25) is 0 Å². The number of carbonyl (C=O) groups excluding carboxylic acids is 1. The molecule has 1 amide bonds. The minimum absolute atomic E-state index is 0.0189. The molecule has 0 spiro atoms. The van der Waals surface area contributed by atoms with Gasteiger partial charge in [0.25, 0.3) is 5.91 Å². The molecule has 0 bridgehead atoms. The second-order valence-electron chi connectivity index (χ2n) is 7.43. The number of ether oxygens (including phenoxy) is 2. The molecule has 1 aromatic carbocycles. The van der Waals surface area contributed by atoms with Gasteiger partial charge in [-0.3, -0.25) is 9.78 Å². The average Bonchev–Trinajstić information content (AvgIpc) is 3.05. The average molecular weight is 398 g/mol. The van der Waals surface area contributed by atoms with Crippen molar-refractivity contribution in [2.24, 2.45) is 0 Å². The molecular weight excluding hydrogens is 366 g/mol. The highest BCUT2D eigenvalue weighted by Crippen LogP contribution is 2.19. The van der Waals surface area contributed by atoms with Crippen LogP contribution in [0, 0.1) is 0 Å². The van der Waals surface area contributed by atoms with Crippen molar-refractivity contribution in [2.75, 3.05) is 20.2 Å². The van der Waals surface area contributed by atoms with Gasteiger partial charge in [0.15, 0.2) is 0 Å². The zero-order chi connectivity index (χ0) is 20.5. The van der Waals surface area contributed by atoms with Crippen molar-refractivity contribution in [1.82, 2.24) is 15.2 Å². The van der Waals surface area contributed by atoms with Crippen LogP contribution in [0.3, 0.4) is 0 Å². The van der Waals surface area contributed by atoms with Crippen molar-refractivity contribution in [3.05, 3.63) is 59.9 Å². The van der Waals surface area contributed by atoms with Crippen LogP contribution in [0.4, 0.5) is 0 Å². The van der Waals surface area contributed by atoms with Gasteiger partial charge in [-0.15, -0.1) is 0 Å². The first-order valence-electron chi connectivity index (χ1n) is 10.3. The molecule has 2 heterocycles. The van der Waals surface area contributed by atoms with Gasteiger partial charge >= 0.3 is 0 Å². The molecular formula is C23H31N3O3. The fourth-order valence-electron chi connectivity index (χ4n) is 3.65. The molecule has 1 saturated heterocycles. The molecule has 1 aromatic heterocycles. The Morgan fingerprint density at radius 3 is 2.93 bits per heavy atom. The molecule has 6 heteroatoms. The number of nitrogens with one attached hydrogen (secondary N) is 1. The molecule has 3 rings (SSSR count). The van der Waals surface area contributed by atoms with Crippen molar-refractivity contribution in [2.45, 2.75) is 51.5 Å². The lowest BCUT2D eigenvalue weighted by atomic mass is 10.1. The summed E-state index contributed by atoms with van der Waals surface area (Å²) < 4.78 is 11.2. The first-order chi connectivity index (χ1) is 14.2. The lowest BCUT2D eigenvalue weighted by molar-refractivity contribution is -0.147. The Hall–Kier alpha value is -2.44. The quantitative estimate of drug-likeness (QED) is 0.741. The van der Waals surface area contributed by atoms with Crippen LogP contribution in [-0.4, -0.2) is 48.1 Å². The summed E-state index contributed by atoms with van der Waals surface area (Å²) in [6.45, 7) is 4.65. The molecule has 0 radical (unpaired) electrons. The second kappa shape index (κ2) is 10.9. The van der Waals surface area contributed by atoms with E-state index >= 15 is 0 Å². The maximum Gasteiger partial charge on any atom is 0.252 e. The molecule has 2 unspecified atom stereocenters. The van der Waals surface area contributed by atoms with E-state index < -0.39 is 6.10 Å². The highest BCUT2D eigenvalue weighted by Gasteiger charge is 2.29. The van der Waals surface area contributed by atoms with Gasteiger partial charge in [-0.05, 0) is 69.1 Å². The fourth-order valence-corrected chi connectivity index (χ4v) is 3.65. The van der Waals surface area contributed by atoms with Crippen LogP contribution in [-0.2, 0) is 22.7 Å². The van der Waals surface area contributed by atoms with Crippen molar-refractivity contribution in [1.29, 1.82) is 0 Å². The van der Waals surface area contributed by atoms with E-state index in [9.17, 15) is 4.79 Å². The van der Waals surface area contributed by atoms with Crippen molar-refractivity contribution < 1.29 is 14.3 Å². The molecule has 1 aliphatic rings. The topological polar surface area (TPSA) is 63.7 Å². The number of nitrogens with zero attached hydrogens (tertiary/aromatic N) is 2. The van der Waals surface area contributed by atoms with E-state index in [0.717, 1.165) is 49.4 Å². The van der Waals surface area contributed by atoms with Crippen molar-refractivity contribution >= 4 is 5.91 Å². The third-order valence-corrected chi connectivity index (χ3v) is 5.31. The molecule has 29 heavy (non-hydrogen) atoms. The first kappa shape index (κ1) is 21.3.